The van der Waals surface area contributed by atoms with Crippen molar-refractivity contribution in [3.63, 3.8) is 0 Å². The Bertz CT molecular complexity index is 1740. The molecule has 0 aliphatic carbocycles. The Hall–Kier alpha value is -4.43. The Balaban J connectivity index is 1.84. The van der Waals surface area contributed by atoms with Gasteiger partial charge in [0, 0.05) is 19.0 Å². The van der Waals surface area contributed by atoms with Crippen LogP contribution in [-0.4, -0.2) is 43.8 Å². The van der Waals surface area contributed by atoms with Crippen molar-refractivity contribution < 1.29 is 18.0 Å². The van der Waals surface area contributed by atoms with Crippen LogP contribution in [0.4, 0.5) is 5.69 Å². The van der Waals surface area contributed by atoms with Crippen molar-refractivity contribution in [2.75, 3.05) is 10.8 Å². The van der Waals surface area contributed by atoms with E-state index in [9.17, 15) is 18.0 Å². The van der Waals surface area contributed by atoms with E-state index < -0.39 is 28.5 Å². The summed E-state index contributed by atoms with van der Waals surface area (Å²) in [4.78, 5) is 30.1. The van der Waals surface area contributed by atoms with Gasteiger partial charge in [-0.1, -0.05) is 90.0 Å². The summed E-state index contributed by atoms with van der Waals surface area (Å²) < 4.78 is 29.8. The number of nitrogens with zero attached hydrogens (tertiary/aromatic N) is 2. The summed E-state index contributed by atoms with van der Waals surface area (Å²) in [5.74, 6) is -0.775. The summed E-state index contributed by atoms with van der Waals surface area (Å²) in [5.41, 5.74) is 5.68. The second-order valence-corrected chi connectivity index (χ2v) is 13.9. The minimum absolute atomic E-state index is 0.0884. The molecule has 0 radical (unpaired) electrons. The van der Waals surface area contributed by atoms with Crippen LogP contribution in [-0.2, 0) is 32.6 Å². The van der Waals surface area contributed by atoms with Crippen molar-refractivity contribution in [3.8, 4) is 0 Å². The number of hydrogen-bond donors (Lipinski definition) is 1. The van der Waals surface area contributed by atoms with E-state index in [0.717, 1.165) is 27.8 Å². The molecule has 4 aromatic carbocycles. The molecule has 0 saturated carbocycles. The lowest BCUT2D eigenvalue weighted by Gasteiger charge is -2.34. The molecule has 2 amide bonds. The lowest BCUT2D eigenvalue weighted by molar-refractivity contribution is -0.140. The van der Waals surface area contributed by atoms with E-state index >= 15 is 0 Å². The van der Waals surface area contributed by atoms with Crippen LogP contribution < -0.4 is 9.62 Å². The lowest BCUT2D eigenvalue weighted by atomic mass is 10.0. The van der Waals surface area contributed by atoms with Crippen LogP contribution in [0.15, 0.2) is 102 Å². The minimum Gasteiger partial charge on any atom is -0.352 e. The van der Waals surface area contributed by atoms with Crippen LogP contribution in [0.3, 0.4) is 0 Å². The molecule has 1 atom stereocenters. The highest BCUT2D eigenvalue weighted by molar-refractivity contribution is 7.92. The number of anilines is 1. The SMILES string of the molecule is Cc1ccc(S(=O)(=O)N(CC(=O)N(Cc2cccc(C)c2)[C@@H](Cc2ccccc2)C(=O)NC(C)C)c2cc(C)ccc2C)cc1. The van der Waals surface area contributed by atoms with Crippen LogP contribution >= 0.6 is 0 Å². The van der Waals surface area contributed by atoms with Crippen molar-refractivity contribution in [1.29, 1.82) is 0 Å². The van der Waals surface area contributed by atoms with Gasteiger partial charge >= 0.3 is 0 Å². The summed E-state index contributed by atoms with van der Waals surface area (Å²) in [6, 6.07) is 28.4. The number of carbonyl (C=O) groups excluding carboxylic acids is 2. The fourth-order valence-electron chi connectivity index (χ4n) is 5.28. The Morgan fingerprint density at radius 3 is 2.00 bits per heavy atom. The topological polar surface area (TPSA) is 86.8 Å². The first-order valence-corrected chi connectivity index (χ1v) is 16.6. The molecule has 0 heterocycles. The molecule has 0 saturated heterocycles. The monoisotopic (exact) mass is 625 g/mol. The molecule has 8 heteroatoms. The van der Waals surface area contributed by atoms with E-state index in [1.54, 1.807) is 30.3 Å². The van der Waals surface area contributed by atoms with Gasteiger partial charge in [0.15, 0.2) is 0 Å². The van der Waals surface area contributed by atoms with Gasteiger partial charge in [0.25, 0.3) is 10.0 Å². The molecular formula is C37H43N3O4S. The largest absolute Gasteiger partial charge is 0.352 e. The van der Waals surface area contributed by atoms with Crippen molar-refractivity contribution in [3.05, 3.63) is 130 Å². The first-order valence-electron chi connectivity index (χ1n) is 15.2. The highest BCUT2D eigenvalue weighted by Gasteiger charge is 2.35. The maximum atomic E-state index is 14.6. The van der Waals surface area contributed by atoms with Crippen LogP contribution in [0.5, 0.6) is 0 Å². The van der Waals surface area contributed by atoms with Crippen LogP contribution in [0.25, 0.3) is 0 Å². The number of amides is 2. The van der Waals surface area contributed by atoms with E-state index in [-0.39, 0.29) is 29.8 Å². The molecule has 7 nitrogen and oxygen atoms in total. The molecule has 0 spiro atoms. The minimum atomic E-state index is -4.16. The van der Waals surface area contributed by atoms with Crippen LogP contribution in [0.2, 0.25) is 0 Å². The van der Waals surface area contributed by atoms with Gasteiger partial charge < -0.3 is 10.2 Å². The van der Waals surface area contributed by atoms with Gasteiger partial charge in [0.2, 0.25) is 11.8 Å². The highest BCUT2D eigenvalue weighted by Crippen LogP contribution is 2.29. The maximum absolute atomic E-state index is 14.6. The van der Waals surface area contributed by atoms with Crippen LogP contribution in [0.1, 0.15) is 47.2 Å². The second kappa shape index (κ2) is 14.6. The van der Waals surface area contributed by atoms with Crippen molar-refractivity contribution >= 4 is 27.5 Å². The van der Waals surface area contributed by atoms with E-state index in [2.05, 4.69) is 5.32 Å². The smallest absolute Gasteiger partial charge is 0.264 e. The van der Waals surface area contributed by atoms with E-state index in [1.165, 1.54) is 9.21 Å². The zero-order chi connectivity index (χ0) is 32.7. The fraction of sp³-hybridized carbons (Fsp3) is 0.297. The molecular weight excluding hydrogens is 582 g/mol. The molecule has 1 N–H and O–H groups in total. The molecule has 0 bridgehead atoms. The third-order valence-corrected chi connectivity index (χ3v) is 9.43. The highest BCUT2D eigenvalue weighted by atomic mass is 32.2. The number of benzene rings is 4. The zero-order valence-corrected chi connectivity index (χ0v) is 27.8. The first-order chi connectivity index (χ1) is 21.3. The normalized spacial score (nSPS) is 12.1. The number of hydrogen-bond acceptors (Lipinski definition) is 4. The van der Waals surface area contributed by atoms with E-state index in [0.29, 0.717) is 11.3 Å². The number of sulfonamides is 1. The molecule has 0 aliphatic heterocycles. The average Bonchev–Trinajstić information content (AvgIpc) is 2.99. The Labute approximate surface area is 268 Å². The van der Waals surface area contributed by atoms with Gasteiger partial charge in [0.05, 0.1) is 10.6 Å². The van der Waals surface area contributed by atoms with Crippen molar-refractivity contribution in [2.45, 2.75) is 71.5 Å². The quantitative estimate of drug-likeness (QED) is 0.201. The molecule has 4 aromatic rings. The Morgan fingerprint density at radius 1 is 0.733 bits per heavy atom. The molecule has 45 heavy (non-hydrogen) atoms. The third-order valence-electron chi connectivity index (χ3n) is 7.66. The molecule has 4 rings (SSSR count). The predicted molar refractivity (Wildman–Crippen MR) is 181 cm³/mol. The van der Waals surface area contributed by atoms with E-state index in [4.69, 9.17) is 0 Å². The number of nitrogens with one attached hydrogen (secondary N) is 1. The molecule has 0 aliphatic rings. The lowest BCUT2D eigenvalue weighted by Crippen LogP contribution is -2.54. The van der Waals surface area contributed by atoms with Gasteiger partial charge in [-0.25, -0.2) is 8.42 Å². The average molecular weight is 626 g/mol. The fourth-order valence-corrected chi connectivity index (χ4v) is 6.75. The zero-order valence-electron chi connectivity index (χ0n) is 26.9. The third kappa shape index (κ3) is 8.60. The van der Waals surface area contributed by atoms with Gasteiger partial charge in [-0.2, -0.15) is 0 Å². The Kier molecular flexibility index (Phi) is 10.8. The van der Waals surface area contributed by atoms with Gasteiger partial charge in [0.1, 0.15) is 12.6 Å². The summed E-state index contributed by atoms with van der Waals surface area (Å²) in [5, 5.41) is 2.99. The summed E-state index contributed by atoms with van der Waals surface area (Å²) in [7, 11) is -4.16. The van der Waals surface area contributed by atoms with Gasteiger partial charge in [-0.15, -0.1) is 0 Å². The van der Waals surface area contributed by atoms with Crippen molar-refractivity contribution in [2.24, 2.45) is 0 Å². The molecule has 0 aromatic heterocycles. The van der Waals surface area contributed by atoms with E-state index in [1.807, 2.05) is 108 Å². The summed E-state index contributed by atoms with van der Waals surface area (Å²) >= 11 is 0. The molecule has 236 valence electrons. The van der Waals surface area contributed by atoms with Gasteiger partial charge in [-0.05, 0) is 82.0 Å². The predicted octanol–water partition coefficient (Wildman–Crippen LogP) is 6.28. The standard InChI is InChI=1S/C37H43N3O4S/c1-26(2)38-37(42)35(23-31-12-8-7-9-13-31)39(24-32-14-10-11-28(4)21-32)36(41)25-40(34-22-29(5)15-18-30(34)6)45(43,44)33-19-16-27(3)17-20-33/h7-22,26,35H,23-25H2,1-6H3,(H,38,42)/t35-/m0/s1. The maximum Gasteiger partial charge on any atom is 0.264 e. The van der Waals surface area contributed by atoms with Gasteiger partial charge in [-0.3, -0.25) is 13.9 Å². The van der Waals surface area contributed by atoms with Crippen molar-refractivity contribution in [1.82, 2.24) is 10.2 Å². The number of carbonyl (C=O) groups is 2. The van der Waals surface area contributed by atoms with Crippen LogP contribution in [0, 0.1) is 27.7 Å². The Morgan fingerprint density at radius 2 is 1.36 bits per heavy atom. The summed E-state index contributed by atoms with van der Waals surface area (Å²) in [6.45, 7) is 11.0. The second-order valence-electron chi connectivity index (χ2n) is 12.0. The molecule has 0 fully saturated rings. The summed E-state index contributed by atoms with van der Waals surface area (Å²) in [6.07, 6.45) is 0.269. The first kappa shape index (κ1) is 33.5. The number of aryl methyl sites for hydroxylation is 4. The molecule has 0 unspecified atom stereocenters. The number of rotatable bonds is 12.